The molecule has 1 atom stereocenters. The van der Waals surface area contributed by atoms with Crippen LogP contribution in [0.4, 0.5) is 5.69 Å². The molecular weight excluding hydrogens is 358 g/mol. The fourth-order valence-electron chi connectivity index (χ4n) is 2.51. The van der Waals surface area contributed by atoms with Gasteiger partial charge in [-0.3, -0.25) is 4.79 Å². The van der Waals surface area contributed by atoms with E-state index >= 15 is 0 Å². The number of nitrogens with one attached hydrogen (secondary N) is 1. The number of hydrogen-bond acceptors (Lipinski definition) is 5. The SMILES string of the molecule is CCCOc1ccccc1OCC(=O)O[C@H](C)C(=O)Nc1ccc(C)cc1C. The number of amides is 1. The summed E-state index contributed by atoms with van der Waals surface area (Å²) >= 11 is 0. The standard InChI is InChI=1S/C22H27NO5/c1-5-12-26-19-8-6-7-9-20(19)27-14-21(24)28-17(4)22(25)23-18-11-10-15(2)13-16(18)3/h6-11,13,17H,5,12,14H2,1-4H3,(H,23,25)/t17-/m1/s1. The number of hydrogen-bond donors (Lipinski definition) is 1. The monoisotopic (exact) mass is 385 g/mol. The lowest BCUT2D eigenvalue weighted by Gasteiger charge is -2.16. The first-order valence-electron chi connectivity index (χ1n) is 9.33. The summed E-state index contributed by atoms with van der Waals surface area (Å²) in [7, 11) is 0. The van der Waals surface area contributed by atoms with Crippen molar-refractivity contribution in [3.8, 4) is 11.5 Å². The van der Waals surface area contributed by atoms with Gasteiger partial charge in [-0.1, -0.05) is 36.8 Å². The Balaban J connectivity index is 1.86. The lowest BCUT2D eigenvalue weighted by Crippen LogP contribution is -2.31. The van der Waals surface area contributed by atoms with Crippen molar-refractivity contribution in [2.24, 2.45) is 0 Å². The molecule has 150 valence electrons. The first-order chi connectivity index (χ1) is 13.4. The van der Waals surface area contributed by atoms with Gasteiger partial charge in [-0.25, -0.2) is 4.79 Å². The van der Waals surface area contributed by atoms with Crippen LogP contribution in [0.5, 0.6) is 11.5 Å². The van der Waals surface area contributed by atoms with E-state index in [-0.39, 0.29) is 6.61 Å². The molecule has 1 amide bonds. The van der Waals surface area contributed by atoms with Gasteiger partial charge in [-0.15, -0.1) is 0 Å². The minimum atomic E-state index is -0.941. The average Bonchev–Trinajstić information content (AvgIpc) is 2.67. The number of carbonyl (C=O) groups excluding carboxylic acids is 2. The lowest BCUT2D eigenvalue weighted by atomic mass is 10.1. The van der Waals surface area contributed by atoms with Gasteiger partial charge in [0, 0.05) is 5.69 Å². The third-order valence-corrected chi connectivity index (χ3v) is 3.97. The molecule has 0 aliphatic heterocycles. The molecule has 6 heteroatoms. The predicted molar refractivity (Wildman–Crippen MR) is 108 cm³/mol. The Bertz CT molecular complexity index is 818. The molecular formula is C22H27NO5. The van der Waals surface area contributed by atoms with Crippen LogP contribution >= 0.6 is 0 Å². The van der Waals surface area contributed by atoms with Crippen LogP contribution in [-0.2, 0) is 14.3 Å². The maximum Gasteiger partial charge on any atom is 0.344 e. The van der Waals surface area contributed by atoms with Crippen molar-refractivity contribution in [1.29, 1.82) is 0 Å². The number of para-hydroxylation sites is 2. The van der Waals surface area contributed by atoms with Gasteiger partial charge in [0.2, 0.25) is 0 Å². The lowest BCUT2D eigenvalue weighted by molar-refractivity contribution is -0.155. The largest absolute Gasteiger partial charge is 0.490 e. The van der Waals surface area contributed by atoms with Crippen molar-refractivity contribution in [3.05, 3.63) is 53.6 Å². The number of anilines is 1. The van der Waals surface area contributed by atoms with Gasteiger partial charge in [0.15, 0.2) is 24.2 Å². The molecule has 6 nitrogen and oxygen atoms in total. The highest BCUT2D eigenvalue weighted by Gasteiger charge is 2.19. The van der Waals surface area contributed by atoms with Gasteiger partial charge in [0.1, 0.15) is 0 Å². The van der Waals surface area contributed by atoms with Gasteiger partial charge in [0.05, 0.1) is 6.61 Å². The minimum absolute atomic E-state index is 0.312. The zero-order valence-corrected chi connectivity index (χ0v) is 16.8. The second-order valence-electron chi connectivity index (χ2n) is 6.52. The van der Waals surface area contributed by atoms with Crippen LogP contribution in [0.15, 0.2) is 42.5 Å². The van der Waals surface area contributed by atoms with Crippen LogP contribution in [0.25, 0.3) is 0 Å². The Kier molecular flexibility index (Phi) is 7.87. The van der Waals surface area contributed by atoms with Crippen molar-refractivity contribution >= 4 is 17.6 Å². The topological polar surface area (TPSA) is 73.9 Å². The van der Waals surface area contributed by atoms with Gasteiger partial charge < -0.3 is 19.5 Å². The summed E-state index contributed by atoms with van der Waals surface area (Å²) in [5.41, 5.74) is 2.74. The molecule has 28 heavy (non-hydrogen) atoms. The molecule has 0 aliphatic carbocycles. The van der Waals surface area contributed by atoms with Gasteiger partial charge in [-0.05, 0) is 51.0 Å². The molecule has 0 spiro atoms. The third-order valence-electron chi connectivity index (χ3n) is 3.97. The van der Waals surface area contributed by atoms with Crippen molar-refractivity contribution in [2.75, 3.05) is 18.5 Å². The fourth-order valence-corrected chi connectivity index (χ4v) is 2.51. The van der Waals surface area contributed by atoms with Crippen molar-refractivity contribution in [3.63, 3.8) is 0 Å². The summed E-state index contributed by atoms with van der Waals surface area (Å²) in [6, 6.07) is 12.8. The molecule has 2 aromatic rings. The smallest absolute Gasteiger partial charge is 0.344 e. The normalized spacial score (nSPS) is 11.4. The van der Waals surface area contributed by atoms with Crippen LogP contribution in [0.1, 0.15) is 31.4 Å². The molecule has 1 N–H and O–H groups in total. The molecule has 0 aromatic heterocycles. The minimum Gasteiger partial charge on any atom is -0.490 e. The van der Waals surface area contributed by atoms with Crippen LogP contribution in [-0.4, -0.2) is 31.2 Å². The summed E-state index contributed by atoms with van der Waals surface area (Å²) in [5.74, 6) is -0.00127. The number of esters is 1. The highest BCUT2D eigenvalue weighted by atomic mass is 16.6. The van der Waals surface area contributed by atoms with Crippen LogP contribution in [0, 0.1) is 13.8 Å². The Morgan fingerprint density at radius 3 is 2.36 bits per heavy atom. The van der Waals surface area contributed by atoms with E-state index in [0.717, 1.165) is 17.5 Å². The number of carbonyl (C=O) groups is 2. The van der Waals surface area contributed by atoms with E-state index in [4.69, 9.17) is 14.2 Å². The molecule has 0 saturated carbocycles. The van der Waals surface area contributed by atoms with Gasteiger partial charge in [0.25, 0.3) is 5.91 Å². The van der Waals surface area contributed by atoms with Crippen molar-refractivity contribution in [1.82, 2.24) is 0 Å². The molecule has 2 aromatic carbocycles. The molecule has 0 radical (unpaired) electrons. The number of benzene rings is 2. The Morgan fingerprint density at radius 2 is 1.71 bits per heavy atom. The van der Waals surface area contributed by atoms with Crippen molar-refractivity contribution in [2.45, 2.75) is 40.2 Å². The van der Waals surface area contributed by atoms with Crippen LogP contribution in [0.3, 0.4) is 0 Å². The zero-order valence-electron chi connectivity index (χ0n) is 16.8. The highest BCUT2D eigenvalue weighted by molar-refractivity contribution is 5.95. The van der Waals surface area contributed by atoms with Crippen LogP contribution < -0.4 is 14.8 Å². The Hall–Kier alpha value is -3.02. The number of ether oxygens (including phenoxy) is 3. The highest BCUT2D eigenvalue weighted by Crippen LogP contribution is 2.26. The summed E-state index contributed by atoms with van der Waals surface area (Å²) in [6.45, 7) is 7.66. The molecule has 0 heterocycles. The maximum atomic E-state index is 12.3. The number of aryl methyl sites for hydroxylation is 2. The Labute approximate surface area is 165 Å². The van der Waals surface area contributed by atoms with E-state index < -0.39 is 18.0 Å². The molecule has 0 aliphatic rings. The fraction of sp³-hybridized carbons (Fsp3) is 0.364. The van der Waals surface area contributed by atoms with Crippen LogP contribution in [0.2, 0.25) is 0 Å². The third kappa shape index (κ3) is 6.30. The van der Waals surface area contributed by atoms with Gasteiger partial charge in [-0.2, -0.15) is 0 Å². The summed E-state index contributed by atoms with van der Waals surface area (Å²) in [4.78, 5) is 24.3. The predicted octanol–water partition coefficient (Wildman–Crippen LogP) is 4.04. The second-order valence-corrected chi connectivity index (χ2v) is 6.52. The quantitative estimate of drug-likeness (QED) is 0.660. The molecule has 0 saturated heterocycles. The molecule has 0 unspecified atom stereocenters. The molecule has 0 fully saturated rings. The molecule has 0 bridgehead atoms. The van der Waals surface area contributed by atoms with Crippen molar-refractivity contribution < 1.29 is 23.8 Å². The van der Waals surface area contributed by atoms with E-state index in [2.05, 4.69) is 5.32 Å². The van der Waals surface area contributed by atoms with E-state index in [9.17, 15) is 9.59 Å². The van der Waals surface area contributed by atoms with E-state index in [0.29, 0.717) is 23.8 Å². The zero-order chi connectivity index (χ0) is 20.5. The average molecular weight is 385 g/mol. The van der Waals surface area contributed by atoms with E-state index in [1.165, 1.54) is 6.92 Å². The number of rotatable bonds is 9. The van der Waals surface area contributed by atoms with Gasteiger partial charge >= 0.3 is 5.97 Å². The first kappa shape index (κ1) is 21.3. The maximum absolute atomic E-state index is 12.3. The summed E-state index contributed by atoms with van der Waals surface area (Å²) in [5, 5.41) is 2.77. The Morgan fingerprint density at radius 1 is 1.04 bits per heavy atom. The van der Waals surface area contributed by atoms with E-state index in [1.807, 2.05) is 45.0 Å². The first-order valence-corrected chi connectivity index (χ1v) is 9.33. The second kappa shape index (κ2) is 10.3. The summed E-state index contributed by atoms with van der Waals surface area (Å²) in [6.07, 6.45) is -0.0768. The summed E-state index contributed by atoms with van der Waals surface area (Å²) < 4.78 is 16.3. The van der Waals surface area contributed by atoms with E-state index in [1.54, 1.807) is 18.2 Å². The molecule has 2 rings (SSSR count).